The minimum absolute atomic E-state index is 0.233. The zero-order valence-electron chi connectivity index (χ0n) is 14.8. The van der Waals surface area contributed by atoms with E-state index >= 15 is 0 Å². The molecule has 2 N–H and O–H groups in total. The minimum Gasteiger partial charge on any atom is -0.345 e. The van der Waals surface area contributed by atoms with E-state index in [1.807, 2.05) is 0 Å². The molecule has 0 radical (unpaired) electrons. The molecule has 142 valence electrons. The second-order valence-corrected chi connectivity index (χ2v) is 5.77. The van der Waals surface area contributed by atoms with Gasteiger partial charge in [-0.15, -0.1) is 0 Å². The van der Waals surface area contributed by atoms with Gasteiger partial charge in [0, 0.05) is 25.1 Å². The number of nitrogens with zero attached hydrogens (tertiary/aromatic N) is 2. The maximum atomic E-state index is 11.9. The summed E-state index contributed by atoms with van der Waals surface area (Å²) in [7, 11) is 0. The molecule has 1 aliphatic heterocycles. The molecule has 1 aliphatic rings. The summed E-state index contributed by atoms with van der Waals surface area (Å²) in [4.78, 5) is 61.9. The van der Waals surface area contributed by atoms with Gasteiger partial charge in [-0.2, -0.15) is 0 Å². The SMILES string of the molecule is C=NC(=O)CNC(=O)[C@H](CC)NC(=O)CCCCCN1C(=O)C=CC1=O. The van der Waals surface area contributed by atoms with Crippen LogP contribution >= 0.6 is 0 Å². The summed E-state index contributed by atoms with van der Waals surface area (Å²) in [5, 5.41) is 5.01. The van der Waals surface area contributed by atoms with E-state index in [-0.39, 0.29) is 30.7 Å². The van der Waals surface area contributed by atoms with E-state index in [1.54, 1.807) is 6.92 Å². The number of aliphatic imine (C=N–C) groups is 1. The van der Waals surface area contributed by atoms with Gasteiger partial charge in [0.25, 0.3) is 17.7 Å². The summed E-state index contributed by atoms with van der Waals surface area (Å²) >= 11 is 0. The van der Waals surface area contributed by atoms with Crippen molar-refractivity contribution >= 4 is 36.3 Å². The first-order chi connectivity index (χ1) is 12.4. The van der Waals surface area contributed by atoms with Crippen LogP contribution in [0.5, 0.6) is 0 Å². The number of hydrogen-bond donors (Lipinski definition) is 2. The summed E-state index contributed by atoms with van der Waals surface area (Å²) in [5.41, 5.74) is 0. The third-order valence-electron chi connectivity index (χ3n) is 3.84. The van der Waals surface area contributed by atoms with E-state index in [4.69, 9.17) is 0 Å². The van der Waals surface area contributed by atoms with Gasteiger partial charge < -0.3 is 10.6 Å². The van der Waals surface area contributed by atoms with Crippen molar-refractivity contribution < 1.29 is 24.0 Å². The first-order valence-corrected chi connectivity index (χ1v) is 8.49. The molecule has 26 heavy (non-hydrogen) atoms. The lowest BCUT2D eigenvalue weighted by Crippen LogP contribution is -2.47. The summed E-state index contributed by atoms with van der Waals surface area (Å²) in [6.45, 7) is 4.89. The van der Waals surface area contributed by atoms with E-state index < -0.39 is 17.9 Å². The Labute approximate surface area is 151 Å². The van der Waals surface area contributed by atoms with Crippen LogP contribution in [0.2, 0.25) is 0 Å². The monoisotopic (exact) mass is 364 g/mol. The fraction of sp³-hybridized carbons (Fsp3) is 0.529. The third-order valence-corrected chi connectivity index (χ3v) is 3.84. The lowest BCUT2D eigenvalue weighted by atomic mass is 10.1. The van der Waals surface area contributed by atoms with Crippen molar-refractivity contribution in [1.29, 1.82) is 0 Å². The number of nitrogens with one attached hydrogen (secondary N) is 2. The molecular weight excluding hydrogens is 340 g/mol. The molecule has 1 atom stereocenters. The predicted molar refractivity (Wildman–Crippen MR) is 94.1 cm³/mol. The van der Waals surface area contributed by atoms with Crippen LogP contribution in [0.1, 0.15) is 39.0 Å². The normalized spacial score (nSPS) is 14.3. The molecule has 0 saturated carbocycles. The van der Waals surface area contributed by atoms with Gasteiger partial charge in [-0.1, -0.05) is 13.3 Å². The topological polar surface area (TPSA) is 125 Å². The van der Waals surface area contributed by atoms with Gasteiger partial charge in [-0.3, -0.25) is 28.9 Å². The average Bonchev–Trinajstić information content (AvgIpc) is 2.95. The largest absolute Gasteiger partial charge is 0.345 e. The van der Waals surface area contributed by atoms with Crippen molar-refractivity contribution in [2.45, 2.75) is 45.1 Å². The van der Waals surface area contributed by atoms with Crippen molar-refractivity contribution in [2.75, 3.05) is 13.1 Å². The standard InChI is InChI=1S/C17H24N4O5/c1-3-12(17(26)19-11-14(23)18-2)20-13(22)7-5-4-6-10-21-15(24)8-9-16(21)25/h8-9,12H,2-7,10-11H2,1H3,(H,19,26)(H,20,22)/t12-/m0/s1. The van der Waals surface area contributed by atoms with Gasteiger partial charge in [0.2, 0.25) is 11.8 Å². The van der Waals surface area contributed by atoms with Crippen LogP contribution in [0.3, 0.4) is 0 Å². The van der Waals surface area contributed by atoms with Crippen LogP contribution in [0.15, 0.2) is 17.1 Å². The van der Waals surface area contributed by atoms with Crippen LogP contribution in [0, 0.1) is 0 Å². The number of hydrogen-bond acceptors (Lipinski definition) is 5. The molecule has 1 rings (SSSR count). The van der Waals surface area contributed by atoms with Crippen LogP contribution < -0.4 is 10.6 Å². The maximum absolute atomic E-state index is 11.9. The first-order valence-electron chi connectivity index (χ1n) is 8.49. The molecule has 9 nitrogen and oxygen atoms in total. The van der Waals surface area contributed by atoms with E-state index in [9.17, 15) is 24.0 Å². The average molecular weight is 364 g/mol. The van der Waals surface area contributed by atoms with Crippen molar-refractivity contribution in [3.8, 4) is 0 Å². The highest BCUT2D eigenvalue weighted by molar-refractivity contribution is 6.12. The molecule has 1 heterocycles. The van der Waals surface area contributed by atoms with E-state index in [2.05, 4.69) is 22.3 Å². The molecule has 0 unspecified atom stereocenters. The molecule has 0 aromatic carbocycles. The van der Waals surface area contributed by atoms with Gasteiger partial charge in [-0.25, -0.2) is 4.99 Å². The van der Waals surface area contributed by atoms with Crippen molar-refractivity contribution in [3.63, 3.8) is 0 Å². The predicted octanol–water partition coefficient (Wildman–Crippen LogP) is -0.290. The maximum Gasteiger partial charge on any atom is 0.264 e. The second kappa shape index (κ2) is 10.9. The molecule has 0 fully saturated rings. The second-order valence-electron chi connectivity index (χ2n) is 5.77. The first kappa shape index (κ1) is 21.2. The fourth-order valence-electron chi connectivity index (χ4n) is 2.35. The Bertz CT molecular complexity index is 596. The third kappa shape index (κ3) is 6.96. The van der Waals surface area contributed by atoms with Crippen molar-refractivity contribution in [2.24, 2.45) is 4.99 Å². The fourth-order valence-corrected chi connectivity index (χ4v) is 2.35. The summed E-state index contributed by atoms with van der Waals surface area (Å²) in [5.74, 6) is -1.89. The quantitative estimate of drug-likeness (QED) is 0.296. The highest BCUT2D eigenvalue weighted by Gasteiger charge is 2.22. The Morgan fingerprint density at radius 1 is 1.15 bits per heavy atom. The number of carbonyl (C=O) groups excluding carboxylic acids is 5. The summed E-state index contributed by atoms with van der Waals surface area (Å²) in [6, 6.07) is -0.717. The van der Waals surface area contributed by atoms with Gasteiger partial charge in [0.05, 0.1) is 6.54 Å². The molecule has 9 heteroatoms. The van der Waals surface area contributed by atoms with Crippen LogP contribution in [0.4, 0.5) is 0 Å². The number of imide groups is 1. The Morgan fingerprint density at radius 3 is 2.38 bits per heavy atom. The van der Waals surface area contributed by atoms with Gasteiger partial charge in [0.1, 0.15) is 6.04 Å². The zero-order valence-corrected chi connectivity index (χ0v) is 14.8. The Kier molecular flexibility index (Phi) is 8.90. The van der Waals surface area contributed by atoms with Crippen LogP contribution in [0.25, 0.3) is 0 Å². The number of amides is 5. The van der Waals surface area contributed by atoms with Gasteiger partial charge >= 0.3 is 0 Å². The molecule has 0 aliphatic carbocycles. The highest BCUT2D eigenvalue weighted by atomic mass is 16.2. The zero-order chi connectivity index (χ0) is 19.5. The Hall–Kier alpha value is -2.84. The molecule has 0 aromatic heterocycles. The minimum atomic E-state index is -0.717. The van der Waals surface area contributed by atoms with E-state index in [0.717, 1.165) is 4.90 Å². The molecule has 0 aromatic rings. The van der Waals surface area contributed by atoms with Crippen LogP contribution in [-0.4, -0.2) is 60.3 Å². The van der Waals surface area contributed by atoms with E-state index in [0.29, 0.717) is 32.2 Å². The molecule has 5 amide bonds. The molecule has 0 saturated heterocycles. The summed E-state index contributed by atoms with van der Waals surface area (Å²) in [6.07, 6.45) is 4.96. The molecule has 0 bridgehead atoms. The van der Waals surface area contributed by atoms with Gasteiger partial charge in [-0.05, 0) is 26.0 Å². The lowest BCUT2D eigenvalue weighted by Gasteiger charge is -2.16. The van der Waals surface area contributed by atoms with E-state index in [1.165, 1.54) is 12.2 Å². The lowest BCUT2D eigenvalue weighted by molar-refractivity contribution is -0.137. The number of rotatable bonds is 11. The van der Waals surface area contributed by atoms with Crippen molar-refractivity contribution in [1.82, 2.24) is 15.5 Å². The van der Waals surface area contributed by atoms with Gasteiger partial charge in [0.15, 0.2) is 0 Å². The smallest absolute Gasteiger partial charge is 0.264 e. The van der Waals surface area contributed by atoms with Crippen LogP contribution in [-0.2, 0) is 24.0 Å². The summed E-state index contributed by atoms with van der Waals surface area (Å²) < 4.78 is 0. The highest BCUT2D eigenvalue weighted by Crippen LogP contribution is 2.08. The Balaban J connectivity index is 2.22. The number of carbonyl (C=O) groups is 5. The number of unbranched alkanes of at least 4 members (excludes halogenated alkanes) is 2. The van der Waals surface area contributed by atoms with Crippen molar-refractivity contribution in [3.05, 3.63) is 12.2 Å². The molecule has 0 spiro atoms. The Morgan fingerprint density at radius 2 is 1.81 bits per heavy atom. The molecular formula is C17H24N4O5.